The number of ether oxygens (including phenoxy) is 2. The molecule has 30 heavy (non-hydrogen) atoms. The molecule has 0 aliphatic carbocycles. The van der Waals surface area contributed by atoms with E-state index in [1.54, 1.807) is 0 Å². The third-order valence-electron chi connectivity index (χ3n) is 4.98. The molecule has 162 valence electrons. The smallest absolute Gasteiger partial charge is 0.193 e. The first kappa shape index (κ1) is 21.9. The van der Waals surface area contributed by atoms with Crippen LogP contribution in [0.1, 0.15) is 25.0 Å². The normalized spacial score (nSPS) is 15.4. The first-order valence-electron chi connectivity index (χ1n) is 10.5. The maximum atomic E-state index is 10.4. The number of aliphatic hydroxyl groups excluding tert-OH is 1. The summed E-state index contributed by atoms with van der Waals surface area (Å²) in [6.07, 6.45) is 0.420. The molecule has 3 rings (SSSR count). The van der Waals surface area contributed by atoms with Gasteiger partial charge >= 0.3 is 0 Å². The van der Waals surface area contributed by atoms with Crippen molar-refractivity contribution in [3.63, 3.8) is 0 Å². The number of anilines is 1. The summed E-state index contributed by atoms with van der Waals surface area (Å²) in [5.41, 5.74) is 9.47. The summed E-state index contributed by atoms with van der Waals surface area (Å²) in [6.45, 7) is 7.55. The van der Waals surface area contributed by atoms with Crippen molar-refractivity contribution in [2.45, 2.75) is 32.9 Å². The lowest BCUT2D eigenvalue weighted by Gasteiger charge is -2.30. The first-order valence-corrected chi connectivity index (χ1v) is 10.5. The molecular weight excluding hydrogens is 380 g/mol. The van der Waals surface area contributed by atoms with E-state index in [0.29, 0.717) is 31.2 Å². The molecule has 0 radical (unpaired) electrons. The molecule has 0 saturated heterocycles. The predicted molar refractivity (Wildman–Crippen MR) is 120 cm³/mol. The van der Waals surface area contributed by atoms with E-state index in [9.17, 15) is 5.11 Å². The van der Waals surface area contributed by atoms with Crippen molar-refractivity contribution in [2.75, 3.05) is 38.2 Å². The summed E-state index contributed by atoms with van der Waals surface area (Å²) in [6, 6.07) is 14.0. The van der Waals surface area contributed by atoms with E-state index >= 15 is 0 Å². The van der Waals surface area contributed by atoms with Crippen LogP contribution in [0.5, 0.6) is 11.5 Å². The number of nitrogens with two attached hydrogens (primary N) is 1. The van der Waals surface area contributed by atoms with Crippen LogP contribution in [-0.2, 0) is 13.0 Å². The SMILES string of the molecule is CCOc1ccc(OCC)c(NC(N)=NCC(O)CN2CCc3ccccc3C2)c1. The number of benzene rings is 2. The Hall–Kier alpha value is -2.77. The highest BCUT2D eigenvalue weighted by molar-refractivity contribution is 5.94. The van der Waals surface area contributed by atoms with Crippen LogP contribution in [0, 0.1) is 0 Å². The van der Waals surface area contributed by atoms with E-state index in [1.807, 2.05) is 32.0 Å². The summed E-state index contributed by atoms with van der Waals surface area (Å²) in [4.78, 5) is 6.57. The lowest BCUT2D eigenvalue weighted by Crippen LogP contribution is -2.38. The summed E-state index contributed by atoms with van der Waals surface area (Å²) in [5, 5.41) is 13.5. The molecule has 1 unspecified atom stereocenters. The molecule has 0 spiro atoms. The predicted octanol–water partition coefficient (Wildman–Crippen LogP) is 2.63. The highest BCUT2D eigenvalue weighted by Gasteiger charge is 2.18. The standard InChI is InChI=1S/C23H32N4O3/c1-3-29-20-9-10-22(30-4-2)21(13-20)26-23(24)25-14-19(28)16-27-12-11-17-7-5-6-8-18(17)15-27/h5-10,13,19,28H,3-4,11-12,14-16H2,1-2H3,(H3,24,25,26). The van der Waals surface area contributed by atoms with Gasteiger partial charge in [-0.2, -0.15) is 0 Å². The molecule has 2 aromatic rings. The number of guanidine groups is 1. The maximum Gasteiger partial charge on any atom is 0.193 e. The van der Waals surface area contributed by atoms with Crippen molar-refractivity contribution < 1.29 is 14.6 Å². The van der Waals surface area contributed by atoms with Crippen molar-refractivity contribution in [1.82, 2.24) is 4.90 Å². The Morgan fingerprint density at radius 3 is 2.70 bits per heavy atom. The summed E-state index contributed by atoms with van der Waals surface area (Å²) in [7, 11) is 0. The number of aliphatic hydroxyl groups is 1. The van der Waals surface area contributed by atoms with Crippen LogP contribution in [0.3, 0.4) is 0 Å². The minimum Gasteiger partial charge on any atom is -0.494 e. The molecule has 2 aromatic carbocycles. The van der Waals surface area contributed by atoms with Gasteiger partial charge in [0.2, 0.25) is 0 Å². The van der Waals surface area contributed by atoms with Gasteiger partial charge in [0.05, 0.1) is 31.5 Å². The van der Waals surface area contributed by atoms with Crippen LogP contribution in [0.25, 0.3) is 0 Å². The van der Waals surface area contributed by atoms with E-state index in [2.05, 4.69) is 39.5 Å². The van der Waals surface area contributed by atoms with E-state index in [-0.39, 0.29) is 12.5 Å². The molecule has 0 fully saturated rings. The Labute approximate surface area is 178 Å². The maximum absolute atomic E-state index is 10.4. The van der Waals surface area contributed by atoms with Crippen molar-refractivity contribution in [1.29, 1.82) is 0 Å². The molecule has 0 aromatic heterocycles. The Kier molecular flexibility index (Phi) is 7.93. The van der Waals surface area contributed by atoms with Gasteiger partial charge in [0.25, 0.3) is 0 Å². The average molecular weight is 413 g/mol. The summed E-state index contributed by atoms with van der Waals surface area (Å²) in [5.74, 6) is 1.63. The highest BCUT2D eigenvalue weighted by Crippen LogP contribution is 2.29. The van der Waals surface area contributed by atoms with Gasteiger partial charge in [-0.1, -0.05) is 24.3 Å². The molecule has 1 atom stereocenters. The van der Waals surface area contributed by atoms with Crippen LogP contribution in [0.2, 0.25) is 0 Å². The van der Waals surface area contributed by atoms with Crippen molar-refractivity contribution >= 4 is 11.6 Å². The fourth-order valence-corrected chi connectivity index (χ4v) is 3.59. The number of nitrogens with one attached hydrogen (secondary N) is 1. The molecule has 7 nitrogen and oxygen atoms in total. The van der Waals surface area contributed by atoms with Crippen LogP contribution >= 0.6 is 0 Å². The van der Waals surface area contributed by atoms with Gasteiger partial charge in [-0.05, 0) is 43.5 Å². The van der Waals surface area contributed by atoms with Crippen LogP contribution in [-0.4, -0.2) is 54.9 Å². The molecule has 7 heteroatoms. The van der Waals surface area contributed by atoms with Gasteiger partial charge in [0.15, 0.2) is 5.96 Å². The second-order valence-corrected chi connectivity index (χ2v) is 7.28. The second kappa shape index (κ2) is 10.8. The zero-order chi connectivity index (χ0) is 21.3. The molecule has 0 amide bonds. The molecule has 0 saturated carbocycles. The second-order valence-electron chi connectivity index (χ2n) is 7.28. The van der Waals surface area contributed by atoms with Gasteiger partial charge < -0.3 is 25.6 Å². The van der Waals surface area contributed by atoms with Crippen LogP contribution < -0.4 is 20.5 Å². The van der Waals surface area contributed by atoms with Crippen LogP contribution in [0.15, 0.2) is 47.5 Å². The van der Waals surface area contributed by atoms with Crippen molar-refractivity contribution in [3.05, 3.63) is 53.6 Å². The fourth-order valence-electron chi connectivity index (χ4n) is 3.59. The highest BCUT2D eigenvalue weighted by atomic mass is 16.5. The number of β-amino-alcohol motifs (C(OH)–C–C–N with tert-alkyl or cyclic N) is 1. The van der Waals surface area contributed by atoms with Crippen LogP contribution in [0.4, 0.5) is 5.69 Å². The van der Waals surface area contributed by atoms with Gasteiger partial charge in [0, 0.05) is 25.7 Å². The molecule has 1 heterocycles. The fraction of sp³-hybridized carbons (Fsp3) is 0.435. The third-order valence-corrected chi connectivity index (χ3v) is 4.98. The Morgan fingerprint density at radius 2 is 1.93 bits per heavy atom. The van der Waals surface area contributed by atoms with Gasteiger partial charge in [-0.15, -0.1) is 0 Å². The number of hydrogen-bond acceptors (Lipinski definition) is 5. The largest absolute Gasteiger partial charge is 0.494 e. The topological polar surface area (TPSA) is 92.3 Å². The zero-order valence-corrected chi connectivity index (χ0v) is 17.8. The Bertz CT molecular complexity index is 856. The number of nitrogens with zero attached hydrogens (tertiary/aromatic N) is 2. The number of hydrogen-bond donors (Lipinski definition) is 3. The summed E-state index contributed by atoms with van der Waals surface area (Å²) < 4.78 is 11.2. The van der Waals surface area contributed by atoms with E-state index in [4.69, 9.17) is 15.2 Å². The molecule has 0 bridgehead atoms. The Balaban J connectivity index is 1.55. The van der Waals surface area contributed by atoms with E-state index in [0.717, 1.165) is 25.3 Å². The quantitative estimate of drug-likeness (QED) is 0.433. The molecule has 4 N–H and O–H groups in total. The molecular formula is C23H32N4O3. The monoisotopic (exact) mass is 412 g/mol. The van der Waals surface area contributed by atoms with Gasteiger partial charge in [0.1, 0.15) is 11.5 Å². The number of aliphatic imine (C=N–C) groups is 1. The lowest BCUT2D eigenvalue weighted by molar-refractivity contribution is 0.112. The first-order chi connectivity index (χ1) is 14.6. The van der Waals surface area contributed by atoms with Crippen molar-refractivity contribution in [3.8, 4) is 11.5 Å². The number of fused-ring (bicyclic) bond motifs is 1. The summed E-state index contributed by atoms with van der Waals surface area (Å²) >= 11 is 0. The van der Waals surface area contributed by atoms with Gasteiger partial charge in [-0.3, -0.25) is 9.89 Å². The van der Waals surface area contributed by atoms with Gasteiger partial charge in [-0.25, -0.2) is 0 Å². The van der Waals surface area contributed by atoms with Crippen molar-refractivity contribution in [2.24, 2.45) is 10.7 Å². The molecule has 1 aliphatic rings. The van der Waals surface area contributed by atoms with E-state index < -0.39 is 6.10 Å². The number of rotatable bonds is 9. The molecule has 1 aliphatic heterocycles. The average Bonchev–Trinajstić information content (AvgIpc) is 2.74. The minimum atomic E-state index is -0.586. The third kappa shape index (κ3) is 6.11. The zero-order valence-electron chi connectivity index (χ0n) is 17.8. The van der Waals surface area contributed by atoms with E-state index in [1.165, 1.54) is 11.1 Å². The Morgan fingerprint density at radius 1 is 1.17 bits per heavy atom. The lowest BCUT2D eigenvalue weighted by atomic mass is 10.00. The minimum absolute atomic E-state index is 0.228.